The maximum absolute atomic E-state index is 13.0. The number of aryl methyl sites for hydroxylation is 2. The van der Waals surface area contributed by atoms with Crippen molar-refractivity contribution in [3.63, 3.8) is 0 Å². The summed E-state index contributed by atoms with van der Waals surface area (Å²) < 4.78 is 1.65. The monoisotopic (exact) mass is 430 g/mol. The van der Waals surface area contributed by atoms with Crippen molar-refractivity contribution in [2.75, 3.05) is 27.2 Å². The summed E-state index contributed by atoms with van der Waals surface area (Å²) in [6.07, 6.45) is 0.703. The highest BCUT2D eigenvalue weighted by Crippen LogP contribution is 2.40. The molecule has 0 aliphatic carbocycles. The molecule has 1 atom stereocenters. The number of amides is 1. The van der Waals surface area contributed by atoms with E-state index in [9.17, 15) is 14.7 Å². The number of carbonyl (C=O) groups excluding carboxylic acids is 2. The average Bonchev–Trinajstić information content (AvgIpc) is 3.08. The van der Waals surface area contributed by atoms with Gasteiger partial charge in [0.25, 0.3) is 11.7 Å². The van der Waals surface area contributed by atoms with E-state index in [4.69, 9.17) is 11.6 Å². The molecule has 1 amide bonds. The highest BCUT2D eigenvalue weighted by atomic mass is 35.5. The van der Waals surface area contributed by atoms with Gasteiger partial charge in [0, 0.05) is 24.3 Å². The van der Waals surface area contributed by atoms with Gasteiger partial charge in [-0.05, 0) is 58.6 Å². The molecule has 7 nitrogen and oxygen atoms in total. The average molecular weight is 431 g/mol. The zero-order valence-corrected chi connectivity index (χ0v) is 18.7. The first-order chi connectivity index (χ1) is 14.1. The summed E-state index contributed by atoms with van der Waals surface area (Å²) in [6, 6.07) is 6.33. The number of carbonyl (C=O) groups is 2. The van der Waals surface area contributed by atoms with Crippen molar-refractivity contribution in [3.05, 3.63) is 57.4 Å². The predicted molar refractivity (Wildman–Crippen MR) is 116 cm³/mol. The lowest BCUT2D eigenvalue weighted by atomic mass is 9.94. The van der Waals surface area contributed by atoms with E-state index in [1.807, 2.05) is 25.9 Å². The van der Waals surface area contributed by atoms with Gasteiger partial charge in [-0.15, -0.1) is 0 Å². The molecule has 1 aromatic heterocycles. The van der Waals surface area contributed by atoms with Crippen LogP contribution in [0.4, 0.5) is 0 Å². The molecule has 30 heavy (non-hydrogen) atoms. The Morgan fingerprint density at radius 3 is 2.37 bits per heavy atom. The number of ketones is 1. The van der Waals surface area contributed by atoms with Crippen molar-refractivity contribution in [2.45, 2.75) is 26.3 Å². The quantitative estimate of drug-likeness (QED) is 0.433. The van der Waals surface area contributed by atoms with Crippen LogP contribution in [0.5, 0.6) is 0 Å². The number of nitrogens with zero attached hydrogens (tertiary/aromatic N) is 4. The molecule has 1 fully saturated rings. The SMILES string of the molecule is Cc1nn(C)c(C)c1/C(O)=C1\C(=O)C(=O)N(CCCN(C)C)C1c1ccc(Cl)cc1. The molecule has 1 unspecified atom stereocenters. The number of hydrogen-bond acceptors (Lipinski definition) is 5. The summed E-state index contributed by atoms with van der Waals surface area (Å²) in [5.41, 5.74) is 2.62. The first-order valence-corrected chi connectivity index (χ1v) is 10.2. The van der Waals surface area contributed by atoms with Crippen LogP contribution in [0.25, 0.3) is 5.76 Å². The maximum Gasteiger partial charge on any atom is 0.295 e. The maximum atomic E-state index is 13.0. The van der Waals surface area contributed by atoms with Crippen LogP contribution in [0, 0.1) is 13.8 Å². The van der Waals surface area contributed by atoms with Gasteiger partial charge in [-0.3, -0.25) is 14.3 Å². The minimum absolute atomic E-state index is 0.0892. The van der Waals surface area contributed by atoms with E-state index in [-0.39, 0.29) is 11.3 Å². The van der Waals surface area contributed by atoms with E-state index < -0.39 is 17.7 Å². The van der Waals surface area contributed by atoms with Crippen molar-refractivity contribution in [3.8, 4) is 0 Å². The molecule has 160 valence electrons. The molecule has 0 bridgehead atoms. The predicted octanol–water partition coefficient (Wildman–Crippen LogP) is 3.06. The fraction of sp³-hybridized carbons (Fsp3) is 0.409. The van der Waals surface area contributed by atoms with E-state index in [1.54, 1.807) is 47.8 Å². The van der Waals surface area contributed by atoms with Crippen LogP contribution in [0.2, 0.25) is 5.02 Å². The van der Waals surface area contributed by atoms with Crippen LogP contribution in [0.3, 0.4) is 0 Å². The van der Waals surface area contributed by atoms with Gasteiger partial charge in [0.15, 0.2) is 0 Å². The fourth-order valence-electron chi connectivity index (χ4n) is 3.91. The van der Waals surface area contributed by atoms with Gasteiger partial charge in [0.2, 0.25) is 0 Å². The Labute approximate surface area is 181 Å². The van der Waals surface area contributed by atoms with Gasteiger partial charge >= 0.3 is 0 Å². The van der Waals surface area contributed by atoms with E-state index >= 15 is 0 Å². The van der Waals surface area contributed by atoms with E-state index in [0.717, 1.165) is 17.8 Å². The number of benzene rings is 1. The number of aromatic nitrogens is 2. The molecule has 3 rings (SSSR count). The Balaban J connectivity index is 2.14. The van der Waals surface area contributed by atoms with Crippen molar-refractivity contribution in [2.24, 2.45) is 7.05 Å². The molecule has 2 aromatic rings. The number of rotatable bonds is 6. The van der Waals surface area contributed by atoms with Gasteiger partial charge in [0.1, 0.15) is 5.76 Å². The lowest BCUT2D eigenvalue weighted by Crippen LogP contribution is -2.32. The van der Waals surface area contributed by atoms with Gasteiger partial charge in [-0.25, -0.2) is 0 Å². The summed E-state index contributed by atoms with van der Waals surface area (Å²) in [7, 11) is 5.69. The summed E-state index contributed by atoms with van der Waals surface area (Å²) in [5, 5.41) is 16.1. The van der Waals surface area contributed by atoms with Crippen LogP contribution in [0.1, 0.15) is 35.0 Å². The number of Topliss-reactive ketones (excluding diaryl/α,β-unsaturated/α-hetero) is 1. The highest BCUT2D eigenvalue weighted by Gasteiger charge is 2.46. The molecule has 1 aromatic carbocycles. The number of aliphatic hydroxyl groups is 1. The van der Waals surface area contributed by atoms with Crippen LogP contribution in [-0.2, 0) is 16.6 Å². The molecule has 0 radical (unpaired) electrons. The molecular formula is C22H27ClN4O3. The van der Waals surface area contributed by atoms with Gasteiger partial charge in [-0.1, -0.05) is 23.7 Å². The molecule has 1 N–H and O–H groups in total. The molecule has 1 saturated heterocycles. The normalized spacial score (nSPS) is 18.6. The first kappa shape index (κ1) is 22.1. The van der Waals surface area contributed by atoms with Crippen LogP contribution in [-0.4, -0.2) is 63.6 Å². The van der Waals surface area contributed by atoms with Gasteiger partial charge in [-0.2, -0.15) is 5.10 Å². The van der Waals surface area contributed by atoms with Gasteiger partial charge < -0.3 is 14.9 Å². The largest absolute Gasteiger partial charge is 0.507 e. The lowest BCUT2D eigenvalue weighted by Gasteiger charge is -2.26. The number of hydrogen-bond donors (Lipinski definition) is 1. The summed E-state index contributed by atoms with van der Waals surface area (Å²) in [4.78, 5) is 29.5. The van der Waals surface area contributed by atoms with E-state index in [1.165, 1.54) is 0 Å². The second-order valence-corrected chi connectivity index (χ2v) is 8.31. The zero-order valence-electron chi connectivity index (χ0n) is 17.9. The summed E-state index contributed by atoms with van der Waals surface area (Å²) in [5.74, 6) is -1.47. The fourth-order valence-corrected chi connectivity index (χ4v) is 4.04. The third-order valence-corrected chi connectivity index (χ3v) is 5.73. The van der Waals surface area contributed by atoms with Crippen LogP contribution >= 0.6 is 11.6 Å². The molecule has 0 saturated carbocycles. The number of likely N-dealkylation sites (tertiary alicyclic amines) is 1. The van der Waals surface area contributed by atoms with Crippen LogP contribution < -0.4 is 0 Å². The summed E-state index contributed by atoms with van der Waals surface area (Å²) >= 11 is 6.04. The standard InChI is InChI=1S/C22H27ClN4O3/c1-13-17(14(2)26(5)24-13)20(28)18-19(15-7-9-16(23)10-8-15)27(22(30)21(18)29)12-6-11-25(3)4/h7-10,19,28H,6,11-12H2,1-5H3/b20-18+. The van der Waals surface area contributed by atoms with Crippen molar-refractivity contribution >= 4 is 29.1 Å². The minimum Gasteiger partial charge on any atom is -0.507 e. The second kappa shape index (κ2) is 8.62. The molecule has 2 heterocycles. The van der Waals surface area contributed by atoms with Crippen LogP contribution in [0.15, 0.2) is 29.8 Å². The molecular weight excluding hydrogens is 404 g/mol. The molecule has 1 aliphatic heterocycles. The Hall–Kier alpha value is -2.64. The number of aliphatic hydroxyl groups excluding tert-OH is 1. The van der Waals surface area contributed by atoms with Crippen molar-refractivity contribution < 1.29 is 14.7 Å². The van der Waals surface area contributed by atoms with E-state index in [0.29, 0.717) is 29.2 Å². The van der Waals surface area contributed by atoms with E-state index in [2.05, 4.69) is 5.10 Å². The Morgan fingerprint density at radius 1 is 1.20 bits per heavy atom. The highest BCUT2D eigenvalue weighted by molar-refractivity contribution is 6.46. The zero-order chi connectivity index (χ0) is 22.2. The number of halogens is 1. The lowest BCUT2D eigenvalue weighted by molar-refractivity contribution is -0.139. The molecule has 8 heteroatoms. The first-order valence-electron chi connectivity index (χ1n) is 9.82. The third kappa shape index (κ3) is 4.00. The van der Waals surface area contributed by atoms with Gasteiger partial charge in [0.05, 0.1) is 22.9 Å². The second-order valence-electron chi connectivity index (χ2n) is 7.87. The molecule has 0 spiro atoms. The summed E-state index contributed by atoms with van der Waals surface area (Å²) in [6.45, 7) is 4.76. The Morgan fingerprint density at radius 2 is 1.83 bits per heavy atom. The topological polar surface area (TPSA) is 78.7 Å². The molecule has 1 aliphatic rings. The minimum atomic E-state index is -0.681. The van der Waals surface area contributed by atoms with Crippen molar-refractivity contribution in [1.82, 2.24) is 19.6 Å². The van der Waals surface area contributed by atoms with Crippen molar-refractivity contribution in [1.29, 1.82) is 0 Å². The smallest absolute Gasteiger partial charge is 0.295 e. The Bertz CT molecular complexity index is 1010. The third-order valence-electron chi connectivity index (χ3n) is 5.48. The Kier molecular flexibility index (Phi) is 6.33.